The number of aromatic amines is 1. The van der Waals surface area contributed by atoms with Crippen molar-refractivity contribution in [1.82, 2.24) is 29.8 Å². The summed E-state index contributed by atoms with van der Waals surface area (Å²) in [7, 11) is 3.87. The molecule has 1 saturated heterocycles. The first-order valence-corrected chi connectivity index (χ1v) is 11.5. The smallest absolute Gasteiger partial charge is 0.327 e. The van der Waals surface area contributed by atoms with Crippen LogP contribution in [0.3, 0.4) is 0 Å². The Morgan fingerprint density at radius 3 is 2.83 bits per heavy atom. The van der Waals surface area contributed by atoms with Gasteiger partial charge in [-0.15, -0.1) is 0 Å². The molecule has 10 heteroatoms. The van der Waals surface area contributed by atoms with Crippen LogP contribution in [0.4, 0.5) is 10.3 Å². The number of morpholine rings is 1. The van der Waals surface area contributed by atoms with Gasteiger partial charge in [0.15, 0.2) is 17.4 Å². The zero-order chi connectivity index (χ0) is 24.5. The van der Waals surface area contributed by atoms with Crippen LogP contribution in [0.15, 0.2) is 42.7 Å². The summed E-state index contributed by atoms with van der Waals surface area (Å²) in [6, 6.07) is 8.85. The topological polar surface area (TPSA) is 92.3 Å². The third-order valence-electron chi connectivity index (χ3n) is 5.82. The summed E-state index contributed by atoms with van der Waals surface area (Å²) in [5, 5.41) is 0.933. The number of nitrogens with one attached hydrogen (secondary N) is 1. The van der Waals surface area contributed by atoms with Crippen molar-refractivity contribution in [3.05, 3.63) is 54.1 Å². The highest BCUT2D eigenvalue weighted by molar-refractivity contribution is 5.80. The monoisotopic (exact) mass is 477 g/mol. The summed E-state index contributed by atoms with van der Waals surface area (Å²) in [6.07, 6.45) is 3.55. The van der Waals surface area contributed by atoms with Crippen molar-refractivity contribution in [2.45, 2.75) is 32.5 Å². The molecule has 0 saturated carbocycles. The normalized spacial score (nSPS) is 18.4. The van der Waals surface area contributed by atoms with Gasteiger partial charge in [0.2, 0.25) is 5.95 Å². The van der Waals surface area contributed by atoms with Gasteiger partial charge in [-0.3, -0.25) is 0 Å². The van der Waals surface area contributed by atoms with E-state index in [2.05, 4.69) is 24.8 Å². The second kappa shape index (κ2) is 9.55. The van der Waals surface area contributed by atoms with Crippen LogP contribution >= 0.6 is 0 Å². The van der Waals surface area contributed by atoms with Crippen LogP contribution in [-0.2, 0) is 11.3 Å². The number of H-pyrrole nitrogens is 1. The highest BCUT2D eigenvalue weighted by atomic mass is 19.1. The van der Waals surface area contributed by atoms with Gasteiger partial charge in [0.05, 0.1) is 18.8 Å². The molecule has 1 fully saturated rings. The summed E-state index contributed by atoms with van der Waals surface area (Å²) in [4.78, 5) is 25.4. The van der Waals surface area contributed by atoms with E-state index in [1.165, 1.54) is 6.07 Å². The average Bonchev–Trinajstić information content (AvgIpc) is 3.30. The number of hydrogen-bond acceptors (Lipinski definition) is 8. The number of halogens is 1. The van der Waals surface area contributed by atoms with Gasteiger partial charge in [-0.25, -0.2) is 9.37 Å². The summed E-state index contributed by atoms with van der Waals surface area (Å²) in [5.41, 5.74) is 2.33. The molecular weight excluding hydrogens is 449 g/mol. The van der Waals surface area contributed by atoms with Gasteiger partial charge in [0, 0.05) is 36.4 Å². The Morgan fingerprint density at radius 1 is 1.17 bits per heavy atom. The van der Waals surface area contributed by atoms with Gasteiger partial charge in [-0.1, -0.05) is 6.07 Å². The number of fused-ring (bicyclic) bond motifs is 1. The number of anilines is 1. The third-order valence-corrected chi connectivity index (χ3v) is 5.82. The molecule has 0 radical (unpaired) electrons. The molecule has 182 valence electrons. The zero-order valence-corrected chi connectivity index (χ0v) is 20.2. The lowest BCUT2D eigenvalue weighted by Crippen LogP contribution is -2.48. The molecule has 4 aromatic rings. The number of ether oxygens (including phenoxy) is 2. The lowest BCUT2D eigenvalue weighted by Gasteiger charge is -2.36. The van der Waals surface area contributed by atoms with Crippen molar-refractivity contribution in [2.75, 3.05) is 32.1 Å². The quantitative estimate of drug-likeness (QED) is 0.445. The molecule has 2 unspecified atom stereocenters. The SMILES string of the molecule is CC1CN(c2nc(Oc3ccc(CN(C)C)cc3F)nc(-c3cnc4[nH]ccc4c3)n2)C(C)CO1. The number of nitrogens with zero attached hydrogens (tertiary/aromatic N) is 6. The van der Waals surface area contributed by atoms with Crippen LogP contribution in [0.5, 0.6) is 11.8 Å². The molecule has 1 aliphatic heterocycles. The molecule has 1 aromatic carbocycles. The minimum Gasteiger partial charge on any atom is -0.421 e. The van der Waals surface area contributed by atoms with Gasteiger partial charge in [0.1, 0.15) is 5.65 Å². The van der Waals surface area contributed by atoms with E-state index in [0.29, 0.717) is 37.0 Å². The van der Waals surface area contributed by atoms with Gasteiger partial charge in [0.25, 0.3) is 0 Å². The maximum absolute atomic E-state index is 14.9. The van der Waals surface area contributed by atoms with E-state index in [0.717, 1.165) is 16.6 Å². The van der Waals surface area contributed by atoms with Crippen LogP contribution in [0, 0.1) is 5.82 Å². The van der Waals surface area contributed by atoms with Gasteiger partial charge in [-0.2, -0.15) is 15.0 Å². The standard InChI is InChI=1S/C25H28FN7O2/c1-15-14-34-16(2)12-33(15)24-29-23(19-10-18-7-8-27-22(18)28-11-19)30-25(31-24)35-21-6-5-17(9-20(21)26)13-32(3)4/h5-11,15-16H,12-14H2,1-4H3,(H,27,28). The fraction of sp³-hybridized carbons (Fsp3) is 0.360. The average molecular weight is 478 g/mol. The molecule has 3 aromatic heterocycles. The van der Waals surface area contributed by atoms with Gasteiger partial charge >= 0.3 is 6.01 Å². The van der Waals surface area contributed by atoms with Crippen molar-refractivity contribution in [3.8, 4) is 23.1 Å². The van der Waals surface area contributed by atoms with Gasteiger partial charge in [-0.05, 0) is 57.8 Å². The molecule has 2 atom stereocenters. The first kappa shape index (κ1) is 23.1. The maximum Gasteiger partial charge on any atom is 0.327 e. The van der Waals surface area contributed by atoms with Crippen LogP contribution in [-0.4, -0.2) is 69.2 Å². The molecular formula is C25H28FN7O2. The summed E-state index contributed by atoms with van der Waals surface area (Å²) >= 11 is 0. The highest BCUT2D eigenvalue weighted by Gasteiger charge is 2.27. The molecule has 0 aliphatic carbocycles. The second-order valence-electron chi connectivity index (χ2n) is 9.13. The van der Waals surface area contributed by atoms with E-state index < -0.39 is 5.82 Å². The third kappa shape index (κ3) is 5.08. The van der Waals surface area contributed by atoms with E-state index in [-0.39, 0.29) is 23.9 Å². The Bertz CT molecular complexity index is 1340. The molecule has 0 amide bonds. The van der Waals surface area contributed by atoms with Crippen molar-refractivity contribution in [3.63, 3.8) is 0 Å². The number of rotatable bonds is 6. The van der Waals surface area contributed by atoms with E-state index >= 15 is 0 Å². The molecule has 0 bridgehead atoms. The van der Waals surface area contributed by atoms with Crippen LogP contribution in [0.25, 0.3) is 22.4 Å². The molecule has 35 heavy (non-hydrogen) atoms. The second-order valence-corrected chi connectivity index (χ2v) is 9.13. The Balaban J connectivity index is 1.54. The lowest BCUT2D eigenvalue weighted by atomic mass is 10.2. The van der Waals surface area contributed by atoms with E-state index in [4.69, 9.17) is 14.5 Å². The van der Waals surface area contributed by atoms with Crippen LogP contribution < -0.4 is 9.64 Å². The Kier molecular flexibility index (Phi) is 6.31. The molecule has 0 spiro atoms. The summed E-state index contributed by atoms with van der Waals surface area (Å²) in [6.45, 7) is 5.85. The largest absolute Gasteiger partial charge is 0.421 e. The van der Waals surface area contributed by atoms with Crippen molar-refractivity contribution in [2.24, 2.45) is 0 Å². The maximum atomic E-state index is 14.9. The predicted octanol–water partition coefficient (Wildman–Crippen LogP) is 4.02. The highest BCUT2D eigenvalue weighted by Crippen LogP contribution is 2.29. The zero-order valence-electron chi connectivity index (χ0n) is 20.2. The number of hydrogen-bond donors (Lipinski definition) is 1. The summed E-state index contributed by atoms with van der Waals surface area (Å²) in [5.74, 6) is 0.429. The van der Waals surface area contributed by atoms with Crippen LogP contribution in [0.2, 0.25) is 0 Å². The van der Waals surface area contributed by atoms with E-state index in [1.54, 1.807) is 12.3 Å². The van der Waals surface area contributed by atoms with Crippen molar-refractivity contribution in [1.29, 1.82) is 0 Å². The Morgan fingerprint density at radius 2 is 2.03 bits per heavy atom. The fourth-order valence-electron chi connectivity index (χ4n) is 4.08. The molecule has 1 aliphatic rings. The van der Waals surface area contributed by atoms with E-state index in [1.807, 2.05) is 57.2 Å². The predicted molar refractivity (Wildman–Crippen MR) is 131 cm³/mol. The minimum atomic E-state index is -0.475. The van der Waals surface area contributed by atoms with Crippen molar-refractivity contribution < 1.29 is 13.9 Å². The first-order valence-electron chi connectivity index (χ1n) is 11.5. The first-order chi connectivity index (χ1) is 16.9. The Labute approximate surface area is 203 Å². The van der Waals surface area contributed by atoms with Crippen LogP contribution in [0.1, 0.15) is 19.4 Å². The number of benzene rings is 1. The van der Waals surface area contributed by atoms with Gasteiger partial charge < -0.3 is 24.3 Å². The lowest BCUT2D eigenvalue weighted by molar-refractivity contribution is 0.0336. The molecule has 5 rings (SSSR count). The van der Waals surface area contributed by atoms with E-state index in [9.17, 15) is 4.39 Å². The van der Waals surface area contributed by atoms with Crippen molar-refractivity contribution >= 4 is 17.0 Å². The minimum absolute atomic E-state index is 0.0183. The fourth-order valence-corrected chi connectivity index (χ4v) is 4.08. The molecule has 1 N–H and O–H groups in total. The number of pyridine rings is 1. The molecule has 4 heterocycles. The molecule has 9 nitrogen and oxygen atoms in total. The Hall–Kier alpha value is -3.63. The summed E-state index contributed by atoms with van der Waals surface area (Å²) < 4.78 is 26.5. The number of aromatic nitrogens is 5.